The van der Waals surface area contributed by atoms with E-state index in [1.807, 2.05) is 7.11 Å². The van der Waals surface area contributed by atoms with Crippen LogP contribution in [-0.2, 0) is 9.53 Å². The molecule has 0 N–H and O–H groups in total. The van der Waals surface area contributed by atoms with Gasteiger partial charge in [-0.2, -0.15) is 0 Å². The summed E-state index contributed by atoms with van der Waals surface area (Å²) in [5, 5.41) is 0. The third kappa shape index (κ3) is 3.24. The molecule has 2 heterocycles. The Labute approximate surface area is 142 Å². The maximum Gasteiger partial charge on any atom is 0.139 e. The third-order valence-electron chi connectivity index (χ3n) is 6.79. The summed E-state index contributed by atoms with van der Waals surface area (Å²) < 4.78 is 5.54. The molecule has 0 bridgehead atoms. The number of hydrogen-bond acceptors (Lipinski definition) is 3. The van der Waals surface area contributed by atoms with E-state index in [2.05, 4.69) is 11.8 Å². The van der Waals surface area contributed by atoms with Crippen LogP contribution >= 0.6 is 0 Å². The van der Waals surface area contributed by atoms with Gasteiger partial charge < -0.3 is 4.74 Å². The lowest BCUT2D eigenvalue weighted by atomic mass is 9.65. The van der Waals surface area contributed by atoms with Crippen LogP contribution in [0.4, 0.5) is 0 Å². The number of piperidine rings is 1. The third-order valence-corrected chi connectivity index (χ3v) is 6.79. The highest BCUT2D eigenvalue weighted by Crippen LogP contribution is 2.53. The van der Waals surface area contributed by atoms with Crippen LogP contribution in [0.3, 0.4) is 0 Å². The lowest BCUT2D eigenvalue weighted by Crippen LogP contribution is -2.64. The maximum atomic E-state index is 12.9. The highest BCUT2D eigenvalue weighted by molar-refractivity contribution is 5.84. The standard InChI is InChI=1S/C20H35NO2/c1-3-4-5-6-9-16-14-19(22)18-10-7-8-12-20(18)13-11-17(15-23-2)21(16)20/h16-18H,3-15H2,1-2H3. The van der Waals surface area contributed by atoms with E-state index in [9.17, 15) is 4.79 Å². The molecule has 3 nitrogen and oxygen atoms in total. The molecule has 1 aliphatic carbocycles. The molecule has 3 heteroatoms. The van der Waals surface area contributed by atoms with Crippen LogP contribution in [0.5, 0.6) is 0 Å². The first-order valence-electron chi connectivity index (χ1n) is 10.0. The number of methoxy groups -OCH3 is 1. The van der Waals surface area contributed by atoms with Gasteiger partial charge in [0.2, 0.25) is 0 Å². The van der Waals surface area contributed by atoms with Gasteiger partial charge in [-0.25, -0.2) is 0 Å². The SMILES string of the molecule is CCCCCCC1CC(=O)C2CCCCC23CCC(COC)N13. The zero-order chi connectivity index (χ0) is 16.3. The van der Waals surface area contributed by atoms with E-state index in [4.69, 9.17) is 4.74 Å². The summed E-state index contributed by atoms with van der Waals surface area (Å²) in [6.07, 6.45) is 14.6. The predicted octanol–water partition coefficient (Wildman–Crippen LogP) is 4.34. The number of rotatable bonds is 7. The number of Topliss-reactive ketones (excluding diaryl/α,β-unsaturated/α-hetero) is 1. The molecule has 3 fully saturated rings. The fourth-order valence-electron chi connectivity index (χ4n) is 5.88. The summed E-state index contributed by atoms with van der Waals surface area (Å²) in [5.74, 6) is 0.907. The molecular formula is C20H35NO2. The minimum atomic E-state index is 0.201. The van der Waals surface area contributed by atoms with Gasteiger partial charge in [0.15, 0.2) is 0 Å². The van der Waals surface area contributed by atoms with E-state index in [1.165, 1.54) is 64.2 Å². The summed E-state index contributed by atoms with van der Waals surface area (Å²) in [6.45, 7) is 3.11. The Morgan fingerprint density at radius 1 is 1.13 bits per heavy atom. The molecule has 4 atom stereocenters. The molecule has 3 aliphatic rings. The first-order chi connectivity index (χ1) is 11.2. The first-order valence-corrected chi connectivity index (χ1v) is 10.0. The molecule has 0 amide bonds. The van der Waals surface area contributed by atoms with Gasteiger partial charge in [-0.05, 0) is 32.1 Å². The van der Waals surface area contributed by atoms with Crippen LogP contribution in [0.25, 0.3) is 0 Å². The van der Waals surface area contributed by atoms with Gasteiger partial charge in [-0.3, -0.25) is 9.69 Å². The number of ketones is 1. The second-order valence-corrected chi connectivity index (χ2v) is 8.13. The Balaban J connectivity index is 1.77. The van der Waals surface area contributed by atoms with Crippen molar-refractivity contribution >= 4 is 5.78 Å². The first kappa shape index (κ1) is 17.4. The van der Waals surface area contributed by atoms with Gasteiger partial charge in [-0.1, -0.05) is 45.4 Å². The van der Waals surface area contributed by atoms with E-state index in [1.54, 1.807) is 0 Å². The Bertz CT molecular complexity index is 410. The molecule has 1 saturated carbocycles. The normalized spacial score (nSPS) is 37.7. The molecule has 3 rings (SSSR count). The van der Waals surface area contributed by atoms with Gasteiger partial charge in [0.05, 0.1) is 6.61 Å². The van der Waals surface area contributed by atoms with Gasteiger partial charge in [-0.15, -0.1) is 0 Å². The molecule has 0 aromatic rings. The number of hydrogen-bond donors (Lipinski definition) is 0. The van der Waals surface area contributed by atoms with E-state index >= 15 is 0 Å². The average Bonchev–Trinajstić information content (AvgIpc) is 2.91. The van der Waals surface area contributed by atoms with E-state index in [0.717, 1.165) is 19.4 Å². The van der Waals surface area contributed by atoms with Crippen molar-refractivity contribution in [3.63, 3.8) is 0 Å². The van der Waals surface area contributed by atoms with Gasteiger partial charge in [0.25, 0.3) is 0 Å². The van der Waals surface area contributed by atoms with Crippen molar-refractivity contribution in [2.24, 2.45) is 5.92 Å². The molecule has 4 unspecified atom stereocenters. The van der Waals surface area contributed by atoms with Gasteiger partial charge >= 0.3 is 0 Å². The van der Waals surface area contributed by atoms with Crippen LogP contribution in [-0.4, -0.2) is 42.0 Å². The van der Waals surface area contributed by atoms with Gasteiger partial charge in [0.1, 0.15) is 5.78 Å². The van der Waals surface area contributed by atoms with Crippen molar-refractivity contribution in [2.75, 3.05) is 13.7 Å². The fourth-order valence-corrected chi connectivity index (χ4v) is 5.88. The second kappa shape index (κ2) is 7.65. The number of carbonyl (C=O) groups excluding carboxylic acids is 1. The predicted molar refractivity (Wildman–Crippen MR) is 93.6 cm³/mol. The molecule has 2 saturated heterocycles. The minimum absolute atomic E-state index is 0.201. The molecule has 2 aliphatic heterocycles. The summed E-state index contributed by atoms with van der Waals surface area (Å²) in [6, 6.07) is 1.03. The molecular weight excluding hydrogens is 286 g/mol. The molecule has 0 aromatic heterocycles. The molecule has 23 heavy (non-hydrogen) atoms. The molecule has 0 aromatic carbocycles. The zero-order valence-corrected chi connectivity index (χ0v) is 15.2. The fraction of sp³-hybridized carbons (Fsp3) is 0.950. The quantitative estimate of drug-likeness (QED) is 0.653. The van der Waals surface area contributed by atoms with Crippen LogP contribution in [0.15, 0.2) is 0 Å². The maximum absolute atomic E-state index is 12.9. The topological polar surface area (TPSA) is 29.5 Å². The van der Waals surface area contributed by atoms with E-state index < -0.39 is 0 Å². The Kier molecular flexibility index (Phi) is 5.79. The largest absolute Gasteiger partial charge is 0.383 e. The Hall–Kier alpha value is -0.410. The lowest BCUT2D eigenvalue weighted by molar-refractivity contribution is -0.144. The van der Waals surface area contributed by atoms with E-state index in [-0.39, 0.29) is 5.54 Å². The van der Waals surface area contributed by atoms with Crippen molar-refractivity contribution < 1.29 is 9.53 Å². The second-order valence-electron chi connectivity index (χ2n) is 8.13. The van der Waals surface area contributed by atoms with Crippen LogP contribution in [0.1, 0.15) is 84.0 Å². The van der Waals surface area contributed by atoms with Crippen molar-refractivity contribution in [1.29, 1.82) is 0 Å². The molecule has 0 radical (unpaired) electrons. The van der Waals surface area contributed by atoms with E-state index in [0.29, 0.717) is 23.8 Å². The van der Waals surface area contributed by atoms with Crippen LogP contribution in [0, 0.1) is 5.92 Å². The van der Waals surface area contributed by atoms with Gasteiger partial charge in [0, 0.05) is 37.1 Å². The van der Waals surface area contributed by atoms with Crippen molar-refractivity contribution in [1.82, 2.24) is 4.90 Å². The van der Waals surface area contributed by atoms with Crippen molar-refractivity contribution in [2.45, 2.75) is 102 Å². The smallest absolute Gasteiger partial charge is 0.139 e. The number of carbonyl (C=O) groups is 1. The van der Waals surface area contributed by atoms with Crippen LogP contribution < -0.4 is 0 Å². The monoisotopic (exact) mass is 321 g/mol. The highest BCUT2D eigenvalue weighted by Gasteiger charge is 2.58. The highest BCUT2D eigenvalue weighted by atomic mass is 16.5. The zero-order valence-electron chi connectivity index (χ0n) is 15.2. The molecule has 1 spiro atoms. The Morgan fingerprint density at radius 3 is 2.78 bits per heavy atom. The molecule has 132 valence electrons. The summed E-state index contributed by atoms with van der Waals surface area (Å²) >= 11 is 0. The lowest BCUT2D eigenvalue weighted by Gasteiger charge is -2.55. The summed E-state index contributed by atoms with van der Waals surface area (Å²) in [5.41, 5.74) is 0.201. The van der Waals surface area contributed by atoms with Crippen molar-refractivity contribution in [3.05, 3.63) is 0 Å². The number of ether oxygens (including phenoxy) is 1. The Morgan fingerprint density at radius 2 is 2.00 bits per heavy atom. The van der Waals surface area contributed by atoms with Crippen LogP contribution in [0.2, 0.25) is 0 Å². The number of unbranched alkanes of at least 4 members (excludes halogenated alkanes) is 3. The number of nitrogens with zero attached hydrogens (tertiary/aromatic N) is 1. The van der Waals surface area contributed by atoms with Crippen molar-refractivity contribution in [3.8, 4) is 0 Å². The minimum Gasteiger partial charge on any atom is -0.383 e. The summed E-state index contributed by atoms with van der Waals surface area (Å²) in [4.78, 5) is 15.7. The summed E-state index contributed by atoms with van der Waals surface area (Å²) in [7, 11) is 1.83. The average molecular weight is 322 g/mol.